The van der Waals surface area contributed by atoms with Crippen molar-refractivity contribution in [2.24, 2.45) is 0 Å². The summed E-state index contributed by atoms with van der Waals surface area (Å²) in [5.41, 5.74) is 5.94. The molecule has 0 bridgehead atoms. The van der Waals surface area contributed by atoms with E-state index in [2.05, 4.69) is 23.4 Å². The average molecular weight is 519 g/mol. The van der Waals surface area contributed by atoms with Gasteiger partial charge in [-0.1, -0.05) is 49.0 Å². The second-order valence-corrected chi connectivity index (χ2v) is 9.64. The molecular formula is C30H31ClN2O4. The standard InChI is InChI=1S/C30H31ClN2O4/c1-18(7-6-14-33(4)5)25-11-8-21(24-13-10-23(31)15-19(24)2)17-28(25)32-20(3)26-12-9-22(29(34)35)16-27(26)30(36)37/h8-13,15-17,32H,1,3,6-7,14H2,2,4-5H3,(H,34,35)(H,36,37). The highest BCUT2D eigenvalue weighted by molar-refractivity contribution is 6.30. The Balaban J connectivity index is 2.04. The van der Waals surface area contributed by atoms with Crippen molar-refractivity contribution in [3.8, 4) is 11.1 Å². The molecule has 37 heavy (non-hydrogen) atoms. The average Bonchev–Trinajstić information content (AvgIpc) is 2.83. The lowest BCUT2D eigenvalue weighted by Crippen LogP contribution is -2.13. The van der Waals surface area contributed by atoms with Crippen molar-refractivity contribution in [2.45, 2.75) is 19.8 Å². The van der Waals surface area contributed by atoms with Crippen LogP contribution in [0.15, 0.2) is 67.8 Å². The van der Waals surface area contributed by atoms with Gasteiger partial charge in [-0.3, -0.25) is 0 Å². The van der Waals surface area contributed by atoms with Gasteiger partial charge in [0.25, 0.3) is 0 Å². The largest absolute Gasteiger partial charge is 0.478 e. The lowest BCUT2D eigenvalue weighted by molar-refractivity contribution is 0.0695. The van der Waals surface area contributed by atoms with Gasteiger partial charge in [-0.25, -0.2) is 9.59 Å². The molecule has 0 amide bonds. The number of nitrogens with zero attached hydrogens (tertiary/aromatic N) is 1. The molecule has 0 atom stereocenters. The molecule has 3 aromatic carbocycles. The number of nitrogens with one attached hydrogen (secondary N) is 1. The van der Waals surface area contributed by atoms with Crippen LogP contribution in [0.5, 0.6) is 0 Å². The van der Waals surface area contributed by atoms with Gasteiger partial charge in [-0.15, -0.1) is 0 Å². The van der Waals surface area contributed by atoms with Gasteiger partial charge in [0.05, 0.1) is 11.1 Å². The van der Waals surface area contributed by atoms with Crippen LogP contribution in [-0.4, -0.2) is 47.7 Å². The van der Waals surface area contributed by atoms with Gasteiger partial charge in [0, 0.05) is 27.5 Å². The minimum atomic E-state index is -1.24. The number of hydrogen-bond donors (Lipinski definition) is 3. The minimum absolute atomic E-state index is 0.107. The number of hydrogen-bond acceptors (Lipinski definition) is 4. The van der Waals surface area contributed by atoms with Gasteiger partial charge >= 0.3 is 11.9 Å². The zero-order chi connectivity index (χ0) is 27.3. The minimum Gasteiger partial charge on any atom is -0.478 e. The molecule has 0 saturated heterocycles. The number of aryl methyl sites for hydroxylation is 1. The molecule has 0 radical (unpaired) electrons. The highest BCUT2D eigenvalue weighted by atomic mass is 35.5. The van der Waals surface area contributed by atoms with Crippen LogP contribution in [0, 0.1) is 6.92 Å². The van der Waals surface area contributed by atoms with Crippen molar-refractivity contribution < 1.29 is 19.8 Å². The fourth-order valence-corrected chi connectivity index (χ4v) is 4.39. The van der Waals surface area contributed by atoms with Crippen molar-refractivity contribution >= 4 is 40.5 Å². The maximum Gasteiger partial charge on any atom is 0.336 e. The van der Waals surface area contributed by atoms with E-state index in [1.165, 1.54) is 12.1 Å². The van der Waals surface area contributed by atoms with Crippen LogP contribution in [0.25, 0.3) is 22.4 Å². The fraction of sp³-hybridized carbons (Fsp3) is 0.200. The van der Waals surface area contributed by atoms with Crippen LogP contribution in [0.2, 0.25) is 5.02 Å². The predicted molar refractivity (Wildman–Crippen MR) is 151 cm³/mol. The Labute approximate surface area is 222 Å². The molecule has 0 heterocycles. The number of anilines is 1. The van der Waals surface area contributed by atoms with Crippen LogP contribution in [0.3, 0.4) is 0 Å². The smallest absolute Gasteiger partial charge is 0.336 e. The fourth-order valence-electron chi connectivity index (χ4n) is 4.17. The summed E-state index contributed by atoms with van der Waals surface area (Å²) in [5, 5.41) is 23.0. The second kappa shape index (κ2) is 11.9. The molecule has 0 aliphatic carbocycles. The molecule has 0 unspecified atom stereocenters. The molecule has 0 aliphatic heterocycles. The highest BCUT2D eigenvalue weighted by Crippen LogP contribution is 2.35. The summed E-state index contributed by atoms with van der Waals surface area (Å²) >= 11 is 6.16. The first-order valence-corrected chi connectivity index (χ1v) is 12.2. The zero-order valence-electron chi connectivity index (χ0n) is 21.3. The predicted octanol–water partition coefficient (Wildman–Crippen LogP) is 7.15. The van der Waals surface area contributed by atoms with E-state index in [1.807, 2.05) is 57.4 Å². The maximum absolute atomic E-state index is 11.9. The Kier molecular flexibility index (Phi) is 8.92. The molecule has 0 spiro atoms. The van der Waals surface area contributed by atoms with Gasteiger partial charge in [0.15, 0.2) is 0 Å². The van der Waals surface area contributed by atoms with Crippen LogP contribution in [-0.2, 0) is 0 Å². The Hall–Kier alpha value is -3.87. The van der Waals surface area contributed by atoms with Crippen LogP contribution in [0.1, 0.15) is 50.2 Å². The third-order valence-electron chi connectivity index (χ3n) is 6.09. The van der Waals surface area contributed by atoms with Crippen molar-refractivity contribution in [1.82, 2.24) is 4.90 Å². The Morgan fingerprint density at radius 2 is 1.62 bits per heavy atom. The summed E-state index contributed by atoms with van der Waals surface area (Å²) in [6.45, 7) is 11.3. The summed E-state index contributed by atoms with van der Waals surface area (Å²) in [5.74, 6) is -2.44. The number of rotatable bonds is 11. The van der Waals surface area contributed by atoms with Crippen molar-refractivity contribution in [3.05, 3.63) is 101 Å². The first-order valence-electron chi connectivity index (χ1n) is 11.8. The zero-order valence-corrected chi connectivity index (χ0v) is 22.0. The van der Waals surface area contributed by atoms with Crippen molar-refractivity contribution in [3.63, 3.8) is 0 Å². The van der Waals surface area contributed by atoms with Gasteiger partial charge in [-0.05, 0) is 93.0 Å². The topological polar surface area (TPSA) is 89.9 Å². The Morgan fingerprint density at radius 1 is 0.919 bits per heavy atom. The normalized spacial score (nSPS) is 10.8. The SMILES string of the molecule is C=C(CCCN(C)C)c1ccc(-c2ccc(Cl)cc2C)cc1NC(=C)c1ccc(C(=O)O)cc1C(=O)O. The Morgan fingerprint density at radius 3 is 2.24 bits per heavy atom. The summed E-state index contributed by atoms with van der Waals surface area (Å²) in [6, 6.07) is 15.7. The summed E-state index contributed by atoms with van der Waals surface area (Å²) in [7, 11) is 4.05. The van der Waals surface area contributed by atoms with Gasteiger partial charge in [-0.2, -0.15) is 0 Å². The van der Waals surface area contributed by atoms with Gasteiger partial charge in [0.2, 0.25) is 0 Å². The van der Waals surface area contributed by atoms with E-state index in [4.69, 9.17) is 11.6 Å². The van der Waals surface area contributed by atoms with Gasteiger partial charge < -0.3 is 20.4 Å². The van der Waals surface area contributed by atoms with Crippen molar-refractivity contribution in [2.75, 3.05) is 26.0 Å². The van der Waals surface area contributed by atoms with Crippen LogP contribution in [0.4, 0.5) is 5.69 Å². The van der Waals surface area contributed by atoms with E-state index in [0.29, 0.717) is 16.3 Å². The third kappa shape index (κ3) is 6.88. The van der Waals surface area contributed by atoms with Gasteiger partial charge in [0.1, 0.15) is 0 Å². The first kappa shape index (κ1) is 27.7. The summed E-state index contributed by atoms with van der Waals surface area (Å²) < 4.78 is 0. The number of carboxylic acids is 2. The molecule has 6 nitrogen and oxygen atoms in total. The second-order valence-electron chi connectivity index (χ2n) is 9.20. The number of carboxylic acid groups (broad SMARTS) is 2. The first-order chi connectivity index (χ1) is 17.5. The number of carbonyl (C=O) groups is 2. The lowest BCUT2D eigenvalue weighted by atomic mass is 9.94. The van der Waals surface area contributed by atoms with E-state index in [0.717, 1.165) is 59.0 Å². The van der Waals surface area contributed by atoms with Crippen LogP contribution < -0.4 is 5.32 Å². The van der Waals surface area contributed by atoms with Crippen molar-refractivity contribution in [1.29, 1.82) is 0 Å². The molecule has 7 heteroatoms. The monoisotopic (exact) mass is 518 g/mol. The van der Waals surface area contributed by atoms with E-state index in [-0.39, 0.29) is 11.1 Å². The number of benzene rings is 3. The molecule has 3 N–H and O–H groups in total. The highest BCUT2D eigenvalue weighted by Gasteiger charge is 2.18. The molecular weight excluding hydrogens is 488 g/mol. The maximum atomic E-state index is 11.9. The van der Waals surface area contributed by atoms with Crippen LogP contribution >= 0.6 is 11.6 Å². The molecule has 192 valence electrons. The van der Waals surface area contributed by atoms with E-state index >= 15 is 0 Å². The van der Waals surface area contributed by atoms with E-state index in [1.54, 1.807) is 0 Å². The Bertz CT molecular complexity index is 1380. The molecule has 3 rings (SSSR count). The number of allylic oxidation sites excluding steroid dienone is 1. The summed E-state index contributed by atoms with van der Waals surface area (Å²) in [4.78, 5) is 25.4. The molecule has 0 aromatic heterocycles. The quantitative estimate of drug-likeness (QED) is 0.250. The van der Waals surface area contributed by atoms with E-state index in [9.17, 15) is 19.8 Å². The van der Waals surface area contributed by atoms with E-state index < -0.39 is 11.9 Å². The molecule has 0 fully saturated rings. The molecule has 0 aliphatic rings. The molecule has 3 aromatic rings. The number of aromatic carboxylic acids is 2. The number of halogens is 1. The lowest BCUT2D eigenvalue weighted by Gasteiger charge is -2.19. The third-order valence-corrected chi connectivity index (χ3v) is 6.33. The molecule has 0 saturated carbocycles. The summed E-state index contributed by atoms with van der Waals surface area (Å²) in [6.07, 6.45) is 1.72.